The van der Waals surface area contributed by atoms with Crippen LogP contribution in [0.4, 0.5) is 4.39 Å². The summed E-state index contributed by atoms with van der Waals surface area (Å²) in [7, 11) is 0. The Labute approximate surface area is 135 Å². The molecule has 1 fully saturated rings. The number of aromatic nitrogens is 1. The van der Waals surface area contributed by atoms with Gasteiger partial charge in [0, 0.05) is 38.6 Å². The number of piperazine rings is 1. The van der Waals surface area contributed by atoms with E-state index in [0.717, 1.165) is 29.8 Å². The molecular formula is C18H20FN3O. The minimum absolute atomic E-state index is 0.0844. The second-order valence-electron chi connectivity index (χ2n) is 6.03. The fourth-order valence-corrected chi connectivity index (χ4v) is 2.88. The van der Waals surface area contributed by atoms with Gasteiger partial charge in [-0.3, -0.25) is 14.7 Å². The van der Waals surface area contributed by atoms with Gasteiger partial charge in [0.25, 0.3) is 0 Å². The summed E-state index contributed by atoms with van der Waals surface area (Å²) in [5.41, 5.74) is 3.07. The number of carbonyl (C=O) groups excluding carboxylic acids is 1. The van der Waals surface area contributed by atoms with Crippen molar-refractivity contribution in [1.82, 2.24) is 14.8 Å². The number of rotatable bonds is 4. The molecule has 120 valence electrons. The summed E-state index contributed by atoms with van der Waals surface area (Å²) >= 11 is 0. The van der Waals surface area contributed by atoms with Crippen molar-refractivity contribution in [3.8, 4) is 0 Å². The highest BCUT2D eigenvalue weighted by atomic mass is 19.1. The van der Waals surface area contributed by atoms with Gasteiger partial charge in [-0.25, -0.2) is 4.39 Å². The molecule has 2 aromatic rings. The van der Waals surface area contributed by atoms with Crippen LogP contribution in [0.15, 0.2) is 42.7 Å². The molecule has 0 bridgehead atoms. The van der Waals surface area contributed by atoms with Gasteiger partial charge in [0.1, 0.15) is 5.82 Å². The van der Waals surface area contributed by atoms with Gasteiger partial charge >= 0.3 is 0 Å². The van der Waals surface area contributed by atoms with Crippen molar-refractivity contribution in [3.05, 3.63) is 65.2 Å². The Hall–Kier alpha value is -2.27. The lowest BCUT2D eigenvalue weighted by molar-refractivity contribution is -0.136. The van der Waals surface area contributed by atoms with Crippen LogP contribution in [0.25, 0.3) is 0 Å². The third kappa shape index (κ3) is 4.13. The molecule has 1 aliphatic rings. The number of pyridine rings is 1. The standard InChI is InChI=1S/C18H20FN3O/c1-14-7-16(10-20-9-14)11-21-5-6-22(18(23)13-21)12-15-3-2-4-17(19)8-15/h2-4,7-10H,5-6,11-13H2,1H3. The zero-order chi connectivity index (χ0) is 16.2. The first-order chi connectivity index (χ1) is 11.1. The molecule has 5 heteroatoms. The summed E-state index contributed by atoms with van der Waals surface area (Å²) in [5.74, 6) is -0.179. The van der Waals surface area contributed by atoms with Gasteiger partial charge in [-0.05, 0) is 35.7 Å². The van der Waals surface area contributed by atoms with E-state index in [-0.39, 0.29) is 11.7 Å². The zero-order valence-corrected chi connectivity index (χ0v) is 13.2. The van der Waals surface area contributed by atoms with Crippen LogP contribution in [0.3, 0.4) is 0 Å². The highest BCUT2D eigenvalue weighted by Gasteiger charge is 2.24. The van der Waals surface area contributed by atoms with Crippen LogP contribution in [0.1, 0.15) is 16.7 Å². The van der Waals surface area contributed by atoms with Gasteiger partial charge in [-0.15, -0.1) is 0 Å². The van der Waals surface area contributed by atoms with Crippen molar-refractivity contribution in [1.29, 1.82) is 0 Å². The highest BCUT2D eigenvalue weighted by molar-refractivity contribution is 5.79. The van der Waals surface area contributed by atoms with Crippen molar-refractivity contribution in [2.45, 2.75) is 20.0 Å². The lowest BCUT2D eigenvalue weighted by Gasteiger charge is -2.34. The average molecular weight is 313 g/mol. The molecule has 0 aliphatic carbocycles. The minimum atomic E-state index is -0.263. The first-order valence-corrected chi connectivity index (χ1v) is 7.75. The predicted molar refractivity (Wildman–Crippen MR) is 86.1 cm³/mol. The second-order valence-corrected chi connectivity index (χ2v) is 6.03. The number of amides is 1. The molecule has 0 atom stereocenters. The zero-order valence-electron chi connectivity index (χ0n) is 13.2. The van der Waals surface area contributed by atoms with Crippen LogP contribution in [-0.4, -0.2) is 40.3 Å². The van der Waals surface area contributed by atoms with Crippen LogP contribution in [0.5, 0.6) is 0 Å². The Balaban J connectivity index is 1.58. The van der Waals surface area contributed by atoms with Crippen LogP contribution in [-0.2, 0) is 17.9 Å². The first-order valence-electron chi connectivity index (χ1n) is 7.75. The number of benzene rings is 1. The molecular weight excluding hydrogens is 293 g/mol. The quantitative estimate of drug-likeness (QED) is 0.869. The first kappa shape index (κ1) is 15.6. The molecule has 0 saturated carbocycles. The Kier molecular flexibility index (Phi) is 4.67. The normalized spacial score (nSPS) is 15.9. The van der Waals surface area contributed by atoms with E-state index in [0.29, 0.717) is 19.6 Å². The smallest absolute Gasteiger partial charge is 0.237 e. The lowest BCUT2D eigenvalue weighted by atomic mass is 10.1. The van der Waals surface area contributed by atoms with Gasteiger partial charge in [-0.1, -0.05) is 18.2 Å². The minimum Gasteiger partial charge on any atom is -0.336 e. The van der Waals surface area contributed by atoms with E-state index in [1.165, 1.54) is 12.1 Å². The van der Waals surface area contributed by atoms with E-state index < -0.39 is 0 Å². The molecule has 3 rings (SSSR count). The van der Waals surface area contributed by atoms with Crippen LogP contribution >= 0.6 is 0 Å². The van der Waals surface area contributed by atoms with E-state index in [2.05, 4.69) is 16.0 Å². The fraction of sp³-hybridized carbons (Fsp3) is 0.333. The number of hydrogen-bond acceptors (Lipinski definition) is 3. The van der Waals surface area contributed by atoms with E-state index >= 15 is 0 Å². The molecule has 23 heavy (non-hydrogen) atoms. The molecule has 1 amide bonds. The van der Waals surface area contributed by atoms with Crippen molar-refractivity contribution in [3.63, 3.8) is 0 Å². The number of aryl methyl sites for hydroxylation is 1. The predicted octanol–water partition coefficient (Wildman–Crippen LogP) is 2.37. The Morgan fingerprint density at radius 1 is 1.13 bits per heavy atom. The molecule has 0 spiro atoms. The molecule has 0 N–H and O–H groups in total. The Morgan fingerprint density at radius 3 is 2.74 bits per heavy atom. The van der Waals surface area contributed by atoms with Gasteiger partial charge in [-0.2, -0.15) is 0 Å². The Bertz CT molecular complexity index is 704. The molecule has 0 unspecified atom stereocenters. The van der Waals surface area contributed by atoms with Crippen molar-refractivity contribution < 1.29 is 9.18 Å². The topological polar surface area (TPSA) is 36.4 Å². The number of halogens is 1. The van der Waals surface area contributed by atoms with Crippen LogP contribution in [0, 0.1) is 12.7 Å². The van der Waals surface area contributed by atoms with Crippen LogP contribution in [0.2, 0.25) is 0 Å². The summed E-state index contributed by atoms with van der Waals surface area (Å²) in [6, 6.07) is 8.52. The van der Waals surface area contributed by atoms with Gasteiger partial charge in [0.15, 0.2) is 0 Å². The number of nitrogens with zero attached hydrogens (tertiary/aromatic N) is 3. The maximum absolute atomic E-state index is 13.2. The van der Waals surface area contributed by atoms with Crippen molar-refractivity contribution in [2.24, 2.45) is 0 Å². The molecule has 1 saturated heterocycles. The summed E-state index contributed by atoms with van der Waals surface area (Å²) in [4.78, 5) is 20.4. The highest BCUT2D eigenvalue weighted by Crippen LogP contribution is 2.13. The second kappa shape index (κ2) is 6.87. The summed E-state index contributed by atoms with van der Waals surface area (Å²) in [6.07, 6.45) is 3.67. The van der Waals surface area contributed by atoms with Crippen LogP contribution < -0.4 is 0 Å². The van der Waals surface area contributed by atoms with E-state index in [1.54, 1.807) is 11.0 Å². The van der Waals surface area contributed by atoms with E-state index in [1.807, 2.05) is 25.4 Å². The average Bonchev–Trinajstić information content (AvgIpc) is 2.50. The number of hydrogen-bond donors (Lipinski definition) is 0. The fourth-order valence-electron chi connectivity index (χ4n) is 2.88. The SMILES string of the molecule is Cc1cncc(CN2CCN(Cc3cccc(F)c3)C(=O)C2)c1. The van der Waals surface area contributed by atoms with Gasteiger partial charge in [0.05, 0.1) is 6.54 Å². The third-order valence-corrected chi connectivity index (χ3v) is 4.00. The van der Waals surface area contributed by atoms with Gasteiger partial charge in [0.2, 0.25) is 5.91 Å². The van der Waals surface area contributed by atoms with Gasteiger partial charge < -0.3 is 4.90 Å². The van der Waals surface area contributed by atoms with Crippen molar-refractivity contribution in [2.75, 3.05) is 19.6 Å². The van der Waals surface area contributed by atoms with Crippen molar-refractivity contribution >= 4 is 5.91 Å². The van der Waals surface area contributed by atoms with E-state index in [9.17, 15) is 9.18 Å². The number of carbonyl (C=O) groups is 1. The molecule has 1 aromatic carbocycles. The molecule has 0 radical (unpaired) electrons. The monoisotopic (exact) mass is 313 g/mol. The Morgan fingerprint density at radius 2 is 2.00 bits per heavy atom. The summed E-state index contributed by atoms with van der Waals surface area (Å²) < 4.78 is 13.2. The summed E-state index contributed by atoms with van der Waals surface area (Å²) in [5, 5.41) is 0. The maximum atomic E-state index is 13.2. The lowest BCUT2D eigenvalue weighted by Crippen LogP contribution is -2.49. The molecule has 2 heterocycles. The largest absolute Gasteiger partial charge is 0.336 e. The molecule has 4 nitrogen and oxygen atoms in total. The molecule has 1 aromatic heterocycles. The van der Waals surface area contributed by atoms with E-state index in [4.69, 9.17) is 0 Å². The summed E-state index contributed by atoms with van der Waals surface area (Å²) in [6.45, 7) is 5.08. The maximum Gasteiger partial charge on any atom is 0.237 e. The molecule has 1 aliphatic heterocycles. The third-order valence-electron chi connectivity index (χ3n) is 4.00.